The van der Waals surface area contributed by atoms with Crippen LogP contribution in [0.2, 0.25) is 0 Å². The van der Waals surface area contributed by atoms with Gasteiger partial charge in [-0.3, -0.25) is 9.89 Å². The average Bonchev–Trinajstić information content (AvgIpc) is 3.50. The van der Waals surface area contributed by atoms with Gasteiger partial charge in [-0.15, -0.1) is 24.0 Å². The first-order valence-corrected chi connectivity index (χ1v) is 10.7. The fourth-order valence-corrected chi connectivity index (χ4v) is 3.77. The first-order valence-electron chi connectivity index (χ1n) is 10.7. The maximum Gasteiger partial charge on any atom is 0.193 e. The molecule has 1 aromatic carbocycles. The Morgan fingerprint density at radius 1 is 1.17 bits per heavy atom. The van der Waals surface area contributed by atoms with Crippen molar-refractivity contribution in [1.82, 2.24) is 15.1 Å². The number of halogens is 1. The smallest absolute Gasteiger partial charge is 0.193 e. The lowest BCUT2D eigenvalue weighted by atomic mass is 10.0. The fraction of sp³-hybridized carbons (Fsp3) is 0.609. The summed E-state index contributed by atoms with van der Waals surface area (Å²) in [5, 5.41) is 3.64. The van der Waals surface area contributed by atoms with Gasteiger partial charge in [-0.2, -0.15) is 0 Å². The van der Waals surface area contributed by atoms with Gasteiger partial charge in [-0.1, -0.05) is 42.5 Å². The van der Waals surface area contributed by atoms with E-state index in [-0.39, 0.29) is 24.0 Å². The quantitative estimate of drug-likeness (QED) is 0.237. The van der Waals surface area contributed by atoms with Crippen molar-refractivity contribution >= 4 is 36.0 Å². The number of hydrogen-bond acceptors (Lipinski definition) is 3. The summed E-state index contributed by atoms with van der Waals surface area (Å²) in [6, 6.07) is 10.5. The summed E-state index contributed by atoms with van der Waals surface area (Å²) in [4.78, 5) is 9.44. The molecule has 5 nitrogen and oxygen atoms in total. The Hall–Kier alpha value is -1.12. The average molecular weight is 512 g/mol. The highest BCUT2D eigenvalue weighted by atomic mass is 127. The van der Waals surface area contributed by atoms with Gasteiger partial charge in [0.05, 0.1) is 0 Å². The molecule has 1 aromatic rings. The van der Waals surface area contributed by atoms with Crippen molar-refractivity contribution in [3.63, 3.8) is 0 Å². The third-order valence-corrected chi connectivity index (χ3v) is 5.92. The van der Waals surface area contributed by atoms with Gasteiger partial charge in [-0.05, 0) is 37.2 Å². The van der Waals surface area contributed by atoms with Crippen LogP contribution < -0.4 is 5.32 Å². The molecule has 0 bridgehead atoms. The summed E-state index contributed by atoms with van der Waals surface area (Å²) in [5.74, 6) is 1.06. The second-order valence-electron chi connectivity index (χ2n) is 7.95. The summed E-state index contributed by atoms with van der Waals surface area (Å²) in [5.41, 5.74) is 1.71. The van der Waals surface area contributed by atoms with Gasteiger partial charge in [0, 0.05) is 59.5 Å². The monoisotopic (exact) mass is 512 g/mol. The Kier molecular flexibility index (Phi) is 10.4. The molecule has 162 valence electrons. The molecule has 0 spiro atoms. The maximum atomic E-state index is 5.55. The van der Waals surface area contributed by atoms with Crippen LogP contribution in [0.25, 0.3) is 6.08 Å². The van der Waals surface area contributed by atoms with Crippen LogP contribution in [0.15, 0.2) is 41.4 Å². The zero-order valence-electron chi connectivity index (χ0n) is 18.0. The number of nitrogens with one attached hydrogen (secondary N) is 1. The number of ether oxygens (including phenoxy) is 1. The predicted octanol–water partition coefficient (Wildman–Crippen LogP) is 3.72. The van der Waals surface area contributed by atoms with Crippen LogP contribution in [-0.2, 0) is 4.74 Å². The molecule has 2 aliphatic rings. The minimum Gasteiger partial charge on any atom is -0.382 e. The van der Waals surface area contributed by atoms with Crippen molar-refractivity contribution in [3.8, 4) is 0 Å². The molecular weight excluding hydrogens is 475 g/mol. The van der Waals surface area contributed by atoms with Crippen LogP contribution in [-0.4, -0.2) is 75.3 Å². The lowest BCUT2D eigenvalue weighted by Gasteiger charge is -2.36. The summed E-state index contributed by atoms with van der Waals surface area (Å²) in [6.45, 7) is 10.0. The molecule has 6 heteroatoms. The van der Waals surface area contributed by atoms with Gasteiger partial charge < -0.3 is 15.0 Å². The molecular formula is C23H37IN4O. The van der Waals surface area contributed by atoms with Gasteiger partial charge in [0.1, 0.15) is 0 Å². The minimum atomic E-state index is 0. The van der Waals surface area contributed by atoms with E-state index in [2.05, 4.69) is 69.5 Å². The second kappa shape index (κ2) is 12.5. The lowest BCUT2D eigenvalue weighted by Crippen LogP contribution is -2.53. The number of benzene rings is 1. The van der Waals surface area contributed by atoms with Crippen molar-refractivity contribution < 1.29 is 4.74 Å². The minimum absolute atomic E-state index is 0. The lowest BCUT2D eigenvalue weighted by molar-refractivity contribution is 0.128. The zero-order valence-corrected chi connectivity index (χ0v) is 20.3. The number of aliphatic imine (C=N–C) groups is 1. The van der Waals surface area contributed by atoms with E-state index in [0.717, 1.165) is 64.9 Å². The van der Waals surface area contributed by atoms with E-state index in [1.807, 2.05) is 7.05 Å². The number of hydrogen-bond donors (Lipinski definition) is 1. The Labute approximate surface area is 193 Å². The molecule has 2 fully saturated rings. The van der Waals surface area contributed by atoms with Gasteiger partial charge >= 0.3 is 0 Å². The third-order valence-electron chi connectivity index (χ3n) is 5.92. The molecule has 0 unspecified atom stereocenters. The van der Waals surface area contributed by atoms with E-state index < -0.39 is 0 Å². The Morgan fingerprint density at radius 2 is 1.90 bits per heavy atom. The number of nitrogens with zero attached hydrogens (tertiary/aromatic N) is 3. The highest BCUT2D eigenvalue weighted by Gasteiger charge is 2.42. The van der Waals surface area contributed by atoms with Crippen LogP contribution in [0.4, 0.5) is 0 Å². The van der Waals surface area contributed by atoms with Gasteiger partial charge in [0.25, 0.3) is 0 Å². The van der Waals surface area contributed by atoms with E-state index in [1.165, 1.54) is 18.4 Å². The molecule has 1 heterocycles. The topological polar surface area (TPSA) is 40.1 Å². The number of rotatable bonds is 9. The van der Waals surface area contributed by atoms with Crippen LogP contribution in [0, 0.1) is 5.41 Å². The molecule has 1 N–H and O–H groups in total. The Balaban J connectivity index is 0.00000300. The molecule has 0 radical (unpaired) electrons. The Morgan fingerprint density at radius 3 is 2.52 bits per heavy atom. The third kappa shape index (κ3) is 7.90. The summed E-state index contributed by atoms with van der Waals surface area (Å²) in [6.07, 6.45) is 8.26. The SMILES string of the molecule is CCOCCC1(CNC(=NC)N2CCN(C/C=C/c3ccccc3)CC2)CC1.I. The first-order chi connectivity index (χ1) is 13.7. The molecule has 0 atom stereocenters. The Bertz CT molecular complexity index is 638. The molecule has 1 saturated carbocycles. The fourth-order valence-electron chi connectivity index (χ4n) is 3.77. The molecule has 1 saturated heterocycles. The molecule has 0 amide bonds. The summed E-state index contributed by atoms with van der Waals surface area (Å²) < 4.78 is 5.55. The second-order valence-corrected chi connectivity index (χ2v) is 7.95. The zero-order chi connectivity index (χ0) is 19.7. The first kappa shape index (κ1) is 24.2. The van der Waals surface area contributed by atoms with Crippen molar-refractivity contribution in [2.45, 2.75) is 26.2 Å². The largest absolute Gasteiger partial charge is 0.382 e. The van der Waals surface area contributed by atoms with Crippen LogP contribution in [0.5, 0.6) is 0 Å². The van der Waals surface area contributed by atoms with Crippen molar-refractivity contribution in [3.05, 3.63) is 42.0 Å². The number of guanidine groups is 1. The normalized spacial score (nSPS) is 19.2. The van der Waals surface area contributed by atoms with Crippen molar-refractivity contribution in [1.29, 1.82) is 0 Å². The van der Waals surface area contributed by atoms with Gasteiger partial charge in [0.15, 0.2) is 5.96 Å². The van der Waals surface area contributed by atoms with Crippen molar-refractivity contribution in [2.24, 2.45) is 10.4 Å². The van der Waals surface area contributed by atoms with Crippen LogP contribution >= 0.6 is 24.0 Å². The molecule has 1 aliphatic carbocycles. The predicted molar refractivity (Wildman–Crippen MR) is 133 cm³/mol. The highest BCUT2D eigenvalue weighted by Crippen LogP contribution is 2.48. The van der Waals surface area contributed by atoms with Crippen molar-refractivity contribution in [2.75, 3.05) is 59.5 Å². The van der Waals surface area contributed by atoms with Gasteiger partial charge in [0.2, 0.25) is 0 Å². The standard InChI is InChI=1S/C23H36N4O.HI/c1-3-28-19-13-23(11-12-23)20-25-22(24-2)27-17-15-26(16-18-27)14-7-10-21-8-5-4-6-9-21;/h4-10H,3,11-20H2,1-2H3,(H,24,25);1H/b10-7+;. The van der Waals surface area contributed by atoms with Gasteiger partial charge in [-0.25, -0.2) is 0 Å². The molecule has 0 aromatic heterocycles. The van der Waals surface area contributed by atoms with E-state index in [0.29, 0.717) is 5.41 Å². The molecule has 3 rings (SSSR count). The highest BCUT2D eigenvalue weighted by molar-refractivity contribution is 14.0. The van der Waals surface area contributed by atoms with Crippen LogP contribution in [0.3, 0.4) is 0 Å². The van der Waals surface area contributed by atoms with E-state index in [9.17, 15) is 0 Å². The summed E-state index contributed by atoms with van der Waals surface area (Å²) in [7, 11) is 1.90. The molecule has 1 aliphatic heterocycles. The molecule has 29 heavy (non-hydrogen) atoms. The van der Waals surface area contributed by atoms with Crippen LogP contribution in [0.1, 0.15) is 31.7 Å². The maximum absolute atomic E-state index is 5.55. The van der Waals surface area contributed by atoms with E-state index in [4.69, 9.17) is 4.74 Å². The number of piperazine rings is 1. The van der Waals surface area contributed by atoms with E-state index >= 15 is 0 Å². The van der Waals surface area contributed by atoms with E-state index in [1.54, 1.807) is 0 Å². The summed E-state index contributed by atoms with van der Waals surface area (Å²) >= 11 is 0.